The first-order chi connectivity index (χ1) is 8.45. The molecule has 0 saturated carbocycles. The molecule has 7 heteroatoms. The van der Waals surface area contributed by atoms with Crippen molar-refractivity contribution in [2.24, 2.45) is 0 Å². The van der Waals surface area contributed by atoms with Crippen LogP contribution in [0.25, 0.3) is 0 Å². The lowest BCUT2D eigenvalue weighted by molar-refractivity contribution is -0.122. The van der Waals surface area contributed by atoms with Gasteiger partial charge in [0, 0.05) is 13.2 Å². The van der Waals surface area contributed by atoms with E-state index >= 15 is 0 Å². The fourth-order valence-corrected chi connectivity index (χ4v) is 1.56. The first kappa shape index (κ1) is 14.2. The summed E-state index contributed by atoms with van der Waals surface area (Å²) in [7, 11) is 1.56. The van der Waals surface area contributed by atoms with Crippen molar-refractivity contribution in [3.8, 4) is 0 Å². The van der Waals surface area contributed by atoms with Crippen molar-refractivity contribution in [3.63, 3.8) is 0 Å². The van der Waals surface area contributed by atoms with Gasteiger partial charge in [-0.1, -0.05) is 0 Å². The van der Waals surface area contributed by atoms with Crippen LogP contribution in [0, 0.1) is 6.92 Å². The SMILES string of the molecule is COCC(C)NC(=O)Cn1ncc(C(=O)O)c1C. The Morgan fingerprint density at radius 1 is 1.61 bits per heavy atom. The highest BCUT2D eigenvalue weighted by Crippen LogP contribution is 2.06. The third-order valence-electron chi connectivity index (χ3n) is 2.45. The maximum atomic E-state index is 11.7. The molecule has 0 radical (unpaired) electrons. The fraction of sp³-hybridized carbons (Fsp3) is 0.545. The number of carbonyl (C=O) groups is 2. The van der Waals surface area contributed by atoms with Gasteiger partial charge in [0.15, 0.2) is 0 Å². The van der Waals surface area contributed by atoms with Gasteiger partial charge < -0.3 is 15.2 Å². The zero-order valence-electron chi connectivity index (χ0n) is 10.6. The first-order valence-corrected chi connectivity index (χ1v) is 5.49. The molecule has 1 amide bonds. The number of carboxylic acid groups (broad SMARTS) is 1. The Bertz CT molecular complexity index is 441. The van der Waals surface area contributed by atoms with Crippen molar-refractivity contribution < 1.29 is 19.4 Å². The van der Waals surface area contributed by atoms with Crippen molar-refractivity contribution in [1.29, 1.82) is 0 Å². The van der Waals surface area contributed by atoms with Gasteiger partial charge in [-0.25, -0.2) is 4.79 Å². The lowest BCUT2D eigenvalue weighted by Gasteiger charge is -2.13. The summed E-state index contributed by atoms with van der Waals surface area (Å²) in [4.78, 5) is 22.5. The summed E-state index contributed by atoms with van der Waals surface area (Å²) in [6, 6.07) is -0.0997. The van der Waals surface area contributed by atoms with E-state index < -0.39 is 5.97 Å². The number of nitrogens with zero attached hydrogens (tertiary/aromatic N) is 2. The van der Waals surface area contributed by atoms with Crippen LogP contribution in [0.2, 0.25) is 0 Å². The van der Waals surface area contributed by atoms with Crippen LogP contribution in [0.5, 0.6) is 0 Å². The standard InChI is InChI=1S/C11H17N3O4/c1-7(6-18-3)13-10(15)5-14-8(2)9(4-12-14)11(16)17/h4,7H,5-6H2,1-3H3,(H,13,15)(H,16,17). The summed E-state index contributed by atoms with van der Waals surface area (Å²) in [5.74, 6) is -1.28. The summed E-state index contributed by atoms with van der Waals surface area (Å²) in [6.07, 6.45) is 1.24. The van der Waals surface area contributed by atoms with Gasteiger partial charge in [-0.3, -0.25) is 9.48 Å². The van der Waals surface area contributed by atoms with Gasteiger partial charge in [-0.05, 0) is 13.8 Å². The maximum absolute atomic E-state index is 11.7. The van der Waals surface area contributed by atoms with E-state index in [0.717, 1.165) is 0 Å². The number of aromatic nitrogens is 2. The largest absolute Gasteiger partial charge is 0.478 e. The number of ether oxygens (including phenoxy) is 1. The number of nitrogens with one attached hydrogen (secondary N) is 1. The van der Waals surface area contributed by atoms with Crippen LogP contribution in [-0.4, -0.2) is 46.5 Å². The van der Waals surface area contributed by atoms with Crippen LogP contribution < -0.4 is 5.32 Å². The third-order valence-corrected chi connectivity index (χ3v) is 2.45. The van der Waals surface area contributed by atoms with E-state index in [1.54, 1.807) is 14.0 Å². The van der Waals surface area contributed by atoms with Crippen LogP contribution in [0.3, 0.4) is 0 Å². The Hall–Kier alpha value is -1.89. The molecule has 0 aliphatic rings. The maximum Gasteiger partial charge on any atom is 0.339 e. The first-order valence-electron chi connectivity index (χ1n) is 5.49. The molecule has 1 heterocycles. The van der Waals surface area contributed by atoms with Crippen molar-refractivity contribution in [3.05, 3.63) is 17.5 Å². The zero-order chi connectivity index (χ0) is 13.7. The predicted octanol–water partition coefficient (Wildman–Crippen LogP) is 0.0408. The van der Waals surface area contributed by atoms with E-state index in [1.807, 2.05) is 6.92 Å². The Morgan fingerprint density at radius 2 is 2.28 bits per heavy atom. The average Bonchev–Trinajstić information content (AvgIpc) is 2.60. The van der Waals surface area contributed by atoms with Gasteiger partial charge in [0.2, 0.25) is 5.91 Å². The normalized spacial score (nSPS) is 12.2. The Kier molecular flexibility index (Phi) is 4.85. The molecule has 1 unspecified atom stereocenters. The Labute approximate surface area is 105 Å². The zero-order valence-corrected chi connectivity index (χ0v) is 10.6. The summed E-state index contributed by atoms with van der Waals surface area (Å²) < 4.78 is 6.26. The molecule has 18 heavy (non-hydrogen) atoms. The lowest BCUT2D eigenvalue weighted by atomic mass is 10.3. The monoisotopic (exact) mass is 255 g/mol. The molecule has 0 bridgehead atoms. The molecular weight excluding hydrogens is 238 g/mol. The summed E-state index contributed by atoms with van der Waals surface area (Å²) in [5.41, 5.74) is 0.560. The van der Waals surface area contributed by atoms with Crippen molar-refractivity contribution >= 4 is 11.9 Å². The second-order valence-corrected chi connectivity index (χ2v) is 4.03. The van der Waals surface area contributed by atoms with Gasteiger partial charge in [-0.2, -0.15) is 5.10 Å². The highest BCUT2D eigenvalue weighted by atomic mass is 16.5. The minimum Gasteiger partial charge on any atom is -0.478 e. The lowest BCUT2D eigenvalue weighted by Crippen LogP contribution is -2.38. The number of carboxylic acids is 1. The van der Waals surface area contributed by atoms with Crippen LogP contribution in [0.4, 0.5) is 0 Å². The average molecular weight is 255 g/mol. The topological polar surface area (TPSA) is 93.5 Å². The number of amides is 1. The number of rotatable bonds is 6. The minimum atomic E-state index is -1.05. The van der Waals surface area contributed by atoms with Crippen molar-refractivity contribution in [2.75, 3.05) is 13.7 Å². The molecule has 1 rings (SSSR count). The molecule has 0 spiro atoms. The van der Waals surface area contributed by atoms with Gasteiger partial charge in [0.05, 0.1) is 18.5 Å². The van der Waals surface area contributed by atoms with E-state index in [0.29, 0.717) is 12.3 Å². The number of aromatic carboxylic acids is 1. The van der Waals surface area contributed by atoms with E-state index in [4.69, 9.17) is 9.84 Å². The number of hydrogen-bond donors (Lipinski definition) is 2. The van der Waals surface area contributed by atoms with Gasteiger partial charge in [0.25, 0.3) is 0 Å². The second kappa shape index (κ2) is 6.15. The molecule has 0 saturated heterocycles. The van der Waals surface area contributed by atoms with E-state index in [1.165, 1.54) is 10.9 Å². The van der Waals surface area contributed by atoms with Crippen LogP contribution >= 0.6 is 0 Å². The van der Waals surface area contributed by atoms with E-state index in [9.17, 15) is 9.59 Å². The molecular formula is C11H17N3O4. The predicted molar refractivity (Wildman–Crippen MR) is 63.4 cm³/mol. The summed E-state index contributed by atoms with van der Waals surface area (Å²) in [5, 5.41) is 15.5. The third kappa shape index (κ3) is 3.56. The highest BCUT2D eigenvalue weighted by Gasteiger charge is 2.15. The van der Waals surface area contributed by atoms with Crippen molar-refractivity contribution in [1.82, 2.24) is 15.1 Å². The molecule has 1 atom stereocenters. The van der Waals surface area contributed by atoms with Crippen LogP contribution in [-0.2, 0) is 16.1 Å². The molecule has 1 aromatic rings. The number of carbonyl (C=O) groups excluding carboxylic acids is 1. The molecule has 100 valence electrons. The van der Waals surface area contributed by atoms with Gasteiger partial charge in [0.1, 0.15) is 12.1 Å². The van der Waals surface area contributed by atoms with Crippen molar-refractivity contribution in [2.45, 2.75) is 26.4 Å². The fourth-order valence-electron chi connectivity index (χ4n) is 1.56. The summed E-state index contributed by atoms with van der Waals surface area (Å²) in [6.45, 7) is 3.85. The summed E-state index contributed by atoms with van der Waals surface area (Å²) >= 11 is 0. The molecule has 1 aromatic heterocycles. The highest BCUT2D eigenvalue weighted by molar-refractivity contribution is 5.88. The molecule has 7 nitrogen and oxygen atoms in total. The smallest absolute Gasteiger partial charge is 0.339 e. The van der Waals surface area contributed by atoms with E-state index in [-0.39, 0.29) is 24.1 Å². The van der Waals surface area contributed by atoms with E-state index in [2.05, 4.69) is 10.4 Å². The number of methoxy groups -OCH3 is 1. The molecule has 0 fully saturated rings. The Balaban J connectivity index is 2.62. The van der Waals surface area contributed by atoms with Gasteiger partial charge >= 0.3 is 5.97 Å². The Morgan fingerprint density at radius 3 is 2.78 bits per heavy atom. The number of hydrogen-bond acceptors (Lipinski definition) is 4. The second-order valence-electron chi connectivity index (χ2n) is 4.03. The molecule has 2 N–H and O–H groups in total. The molecule has 0 aliphatic carbocycles. The van der Waals surface area contributed by atoms with Crippen LogP contribution in [0.15, 0.2) is 6.20 Å². The minimum absolute atomic E-state index is 0.00678. The van der Waals surface area contributed by atoms with Crippen LogP contribution in [0.1, 0.15) is 23.0 Å². The van der Waals surface area contributed by atoms with Gasteiger partial charge in [-0.15, -0.1) is 0 Å². The molecule has 0 aliphatic heterocycles. The quantitative estimate of drug-likeness (QED) is 0.748. The molecule has 0 aromatic carbocycles.